The van der Waals surface area contributed by atoms with E-state index in [2.05, 4.69) is 21.9 Å². The quantitative estimate of drug-likeness (QED) is 0.310. The third kappa shape index (κ3) is 7.36. The van der Waals surface area contributed by atoms with Crippen molar-refractivity contribution < 1.29 is 13.2 Å². The maximum absolute atomic E-state index is 11.8. The average Bonchev–Trinajstić information content (AvgIpc) is 2.78. The molecule has 170 valence electrons. The number of ether oxygens (including phenoxy) is 1. The molecule has 2 N–H and O–H groups in total. The van der Waals surface area contributed by atoms with Gasteiger partial charge < -0.3 is 15.0 Å². The molecule has 3 rings (SSSR count). The maximum Gasteiger partial charge on any atom is 0.240 e. The van der Waals surface area contributed by atoms with E-state index in [1.165, 1.54) is 7.05 Å². The molecule has 0 radical (unpaired) electrons. The van der Waals surface area contributed by atoms with Gasteiger partial charge >= 0.3 is 0 Å². The first-order valence-corrected chi connectivity index (χ1v) is 11.8. The highest BCUT2D eigenvalue weighted by atomic mass is 127. The smallest absolute Gasteiger partial charge is 0.240 e. The van der Waals surface area contributed by atoms with Gasteiger partial charge in [0.2, 0.25) is 10.0 Å². The van der Waals surface area contributed by atoms with Gasteiger partial charge in [0, 0.05) is 32.5 Å². The van der Waals surface area contributed by atoms with Gasteiger partial charge in [0.05, 0.1) is 11.4 Å². The van der Waals surface area contributed by atoms with E-state index in [1.54, 1.807) is 24.3 Å². The Morgan fingerprint density at radius 3 is 2.32 bits per heavy atom. The van der Waals surface area contributed by atoms with Crippen LogP contribution in [-0.2, 0) is 16.6 Å². The van der Waals surface area contributed by atoms with Crippen molar-refractivity contribution in [3.05, 3.63) is 60.2 Å². The lowest BCUT2D eigenvalue weighted by Crippen LogP contribution is -2.47. The molecular weight excluding hydrogens is 527 g/mol. The summed E-state index contributed by atoms with van der Waals surface area (Å²) in [5, 5.41) is 3.36. The minimum Gasteiger partial charge on any atom is -0.490 e. The van der Waals surface area contributed by atoms with E-state index in [9.17, 15) is 8.42 Å². The largest absolute Gasteiger partial charge is 0.490 e. The summed E-state index contributed by atoms with van der Waals surface area (Å²) in [5.41, 5.74) is 0.961. The zero-order chi connectivity index (χ0) is 21.4. The molecule has 0 atom stereocenters. The summed E-state index contributed by atoms with van der Waals surface area (Å²) in [6.07, 6.45) is 2.10. The number of guanidine groups is 1. The predicted octanol–water partition coefficient (Wildman–Crippen LogP) is 3.22. The van der Waals surface area contributed by atoms with Crippen LogP contribution >= 0.6 is 24.0 Å². The van der Waals surface area contributed by atoms with Crippen molar-refractivity contribution in [3.63, 3.8) is 0 Å². The van der Waals surface area contributed by atoms with Crippen LogP contribution in [0.25, 0.3) is 0 Å². The number of nitrogens with one attached hydrogen (secondary N) is 2. The monoisotopic (exact) mass is 558 g/mol. The van der Waals surface area contributed by atoms with E-state index < -0.39 is 10.0 Å². The molecule has 2 aromatic carbocycles. The van der Waals surface area contributed by atoms with Crippen LogP contribution in [-0.4, -0.2) is 52.1 Å². The summed E-state index contributed by atoms with van der Waals surface area (Å²) >= 11 is 0. The molecule has 0 saturated carbocycles. The number of halogens is 1. The van der Waals surface area contributed by atoms with Gasteiger partial charge in [-0.05, 0) is 43.8 Å². The molecule has 1 heterocycles. The summed E-state index contributed by atoms with van der Waals surface area (Å²) in [4.78, 5) is 7.27. The van der Waals surface area contributed by atoms with Gasteiger partial charge in [-0.2, -0.15) is 0 Å². The highest BCUT2D eigenvalue weighted by Crippen LogP contribution is 2.19. The zero-order valence-electron chi connectivity index (χ0n) is 18.0. The topological polar surface area (TPSA) is 83.0 Å². The zero-order valence-corrected chi connectivity index (χ0v) is 21.1. The number of hydrogen-bond donors (Lipinski definition) is 2. The number of likely N-dealkylation sites (tertiary alicyclic amines) is 1. The number of nitrogens with zero attached hydrogens (tertiary/aromatic N) is 2. The van der Waals surface area contributed by atoms with Crippen LogP contribution in [0.2, 0.25) is 0 Å². The van der Waals surface area contributed by atoms with Crippen LogP contribution in [0.15, 0.2) is 64.5 Å². The number of para-hydroxylation sites is 1. The number of hydrogen-bond acceptors (Lipinski definition) is 4. The van der Waals surface area contributed by atoms with Gasteiger partial charge in [-0.3, -0.25) is 0 Å². The van der Waals surface area contributed by atoms with Crippen LogP contribution in [0.3, 0.4) is 0 Å². The Hall–Kier alpha value is -1.85. The summed E-state index contributed by atoms with van der Waals surface area (Å²) in [5.74, 6) is 1.79. The molecule has 31 heavy (non-hydrogen) atoms. The second kappa shape index (κ2) is 12.3. The molecule has 0 aliphatic carbocycles. The number of piperidine rings is 1. The molecular formula is C22H31IN4O3S. The van der Waals surface area contributed by atoms with Gasteiger partial charge in [0.1, 0.15) is 11.9 Å². The fraction of sp³-hybridized carbons (Fsp3) is 0.409. The molecule has 0 unspecified atom stereocenters. The van der Waals surface area contributed by atoms with Gasteiger partial charge in [0.25, 0.3) is 0 Å². The Bertz CT molecular complexity index is 929. The standard InChI is InChI=1S/C22H30N4O3S.HI/c1-3-24-22(25-17-18-9-11-21(12-10-18)30(27,28)23-2)26-15-13-20(14-16-26)29-19-7-5-4-6-8-19;/h4-12,20,23H,3,13-17H2,1-2H3,(H,24,25);1H. The van der Waals surface area contributed by atoms with Gasteiger partial charge in [0.15, 0.2) is 5.96 Å². The fourth-order valence-corrected chi connectivity index (χ4v) is 4.09. The van der Waals surface area contributed by atoms with Crippen LogP contribution in [0.4, 0.5) is 0 Å². The molecule has 0 bridgehead atoms. The SMILES string of the molecule is CCNC(=NCc1ccc(S(=O)(=O)NC)cc1)N1CCC(Oc2ccccc2)CC1.I. The highest BCUT2D eigenvalue weighted by Gasteiger charge is 2.22. The third-order valence-electron chi connectivity index (χ3n) is 5.04. The molecule has 0 spiro atoms. The van der Waals surface area contributed by atoms with Crippen molar-refractivity contribution in [1.82, 2.24) is 14.9 Å². The molecule has 9 heteroatoms. The third-order valence-corrected chi connectivity index (χ3v) is 6.47. The molecule has 1 aliphatic rings. The lowest BCUT2D eigenvalue weighted by Gasteiger charge is -2.34. The molecule has 1 saturated heterocycles. The summed E-state index contributed by atoms with van der Waals surface area (Å²) in [7, 11) is -2.01. The van der Waals surface area contributed by atoms with Gasteiger partial charge in [-0.1, -0.05) is 30.3 Å². The van der Waals surface area contributed by atoms with Gasteiger partial charge in [-0.15, -0.1) is 24.0 Å². The molecule has 7 nitrogen and oxygen atoms in total. The molecule has 2 aromatic rings. The highest BCUT2D eigenvalue weighted by molar-refractivity contribution is 14.0. The maximum atomic E-state index is 11.8. The van der Waals surface area contributed by atoms with Gasteiger partial charge in [-0.25, -0.2) is 18.1 Å². The Kier molecular flexibility index (Phi) is 10.0. The van der Waals surface area contributed by atoms with E-state index in [-0.39, 0.29) is 35.0 Å². The van der Waals surface area contributed by atoms with Crippen LogP contribution in [0, 0.1) is 0 Å². The number of aliphatic imine (C=N–C) groups is 1. The predicted molar refractivity (Wildman–Crippen MR) is 135 cm³/mol. The van der Waals surface area contributed by atoms with Crippen molar-refractivity contribution in [1.29, 1.82) is 0 Å². The summed E-state index contributed by atoms with van der Waals surface area (Å²) in [6.45, 7) is 5.09. The fourth-order valence-electron chi connectivity index (χ4n) is 3.36. The van der Waals surface area contributed by atoms with E-state index in [4.69, 9.17) is 9.73 Å². The summed E-state index contributed by atoms with van der Waals surface area (Å²) < 4.78 is 32.1. The van der Waals surface area contributed by atoms with Crippen molar-refractivity contribution >= 4 is 40.0 Å². The van der Waals surface area contributed by atoms with E-state index in [0.717, 1.165) is 49.7 Å². The second-order valence-electron chi connectivity index (χ2n) is 7.14. The summed E-state index contributed by atoms with van der Waals surface area (Å²) in [6, 6.07) is 16.8. The Balaban J connectivity index is 0.00000341. The van der Waals surface area contributed by atoms with Crippen LogP contribution in [0.1, 0.15) is 25.3 Å². The van der Waals surface area contributed by atoms with Crippen LogP contribution < -0.4 is 14.8 Å². The van der Waals surface area contributed by atoms with Crippen molar-refractivity contribution in [3.8, 4) is 5.75 Å². The second-order valence-corrected chi connectivity index (χ2v) is 9.03. The Labute approximate surface area is 202 Å². The lowest BCUT2D eigenvalue weighted by molar-refractivity contribution is 0.129. The van der Waals surface area contributed by atoms with Crippen molar-refractivity contribution in [2.24, 2.45) is 4.99 Å². The van der Waals surface area contributed by atoms with E-state index in [1.807, 2.05) is 30.3 Å². The minimum absolute atomic E-state index is 0. The number of sulfonamides is 1. The normalized spacial score (nSPS) is 15.3. The molecule has 0 aromatic heterocycles. The average molecular weight is 558 g/mol. The van der Waals surface area contributed by atoms with E-state index in [0.29, 0.717) is 6.54 Å². The number of rotatable bonds is 7. The van der Waals surface area contributed by atoms with Crippen molar-refractivity contribution in [2.75, 3.05) is 26.7 Å². The first kappa shape index (κ1) is 25.4. The molecule has 0 amide bonds. The first-order valence-electron chi connectivity index (χ1n) is 10.3. The molecule has 1 fully saturated rings. The molecule has 1 aliphatic heterocycles. The van der Waals surface area contributed by atoms with Crippen molar-refractivity contribution in [2.45, 2.75) is 37.3 Å². The Morgan fingerprint density at radius 1 is 1.10 bits per heavy atom. The first-order chi connectivity index (χ1) is 14.5. The number of benzene rings is 2. The Morgan fingerprint density at radius 2 is 1.74 bits per heavy atom. The lowest BCUT2D eigenvalue weighted by atomic mass is 10.1. The van der Waals surface area contributed by atoms with Crippen LogP contribution in [0.5, 0.6) is 5.75 Å². The van der Waals surface area contributed by atoms with E-state index >= 15 is 0 Å². The minimum atomic E-state index is -3.42.